The highest BCUT2D eigenvalue weighted by atomic mass is 35.5. The van der Waals surface area contributed by atoms with E-state index in [0.29, 0.717) is 11.6 Å². The zero-order valence-corrected chi connectivity index (χ0v) is 6.99. The first kappa shape index (κ1) is 9.95. The van der Waals surface area contributed by atoms with Crippen LogP contribution in [-0.2, 0) is 0 Å². The van der Waals surface area contributed by atoms with Gasteiger partial charge in [-0.05, 0) is 5.92 Å². The second-order valence-electron chi connectivity index (χ2n) is 2.44. The quantitative estimate of drug-likeness (QED) is 0.633. The lowest BCUT2D eigenvalue weighted by atomic mass is 10.2. The van der Waals surface area contributed by atoms with Crippen LogP contribution in [0.3, 0.4) is 0 Å². The maximum atomic E-state index is 8.60. The highest BCUT2D eigenvalue weighted by Crippen LogP contribution is 1.94. The Hall–Kier alpha value is -0.0500. The number of aliphatic hydroxyl groups is 1. The molecule has 0 heterocycles. The minimum absolute atomic E-state index is 0.210. The van der Waals surface area contributed by atoms with Crippen LogP contribution in [0.15, 0.2) is 11.6 Å². The van der Waals surface area contributed by atoms with E-state index < -0.39 is 0 Å². The first-order valence-corrected chi connectivity index (χ1v) is 3.69. The summed E-state index contributed by atoms with van der Waals surface area (Å²) in [5, 5.41) is 12.3. The van der Waals surface area contributed by atoms with Crippen LogP contribution in [0.25, 0.3) is 0 Å². The molecule has 60 valence electrons. The molecule has 0 aliphatic carbocycles. The smallest absolute Gasteiger partial charge is 0.0468 e. The monoisotopic (exact) mass is 163 g/mol. The van der Waals surface area contributed by atoms with E-state index in [1.54, 1.807) is 0 Å². The fourth-order valence-electron chi connectivity index (χ4n) is 0.519. The van der Waals surface area contributed by atoms with Crippen molar-refractivity contribution in [3.05, 3.63) is 11.6 Å². The molecule has 1 atom stereocenters. The molecule has 0 amide bonds. The Morgan fingerprint density at radius 2 is 2.40 bits per heavy atom. The molecule has 0 saturated heterocycles. The molecule has 2 nitrogen and oxygen atoms in total. The molecule has 0 fully saturated rings. The molecule has 3 heteroatoms. The van der Waals surface area contributed by atoms with Gasteiger partial charge in [0.2, 0.25) is 0 Å². The van der Waals surface area contributed by atoms with Crippen LogP contribution in [0.2, 0.25) is 0 Å². The van der Waals surface area contributed by atoms with E-state index in [-0.39, 0.29) is 12.5 Å². The van der Waals surface area contributed by atoms with Crippen molar-refractivity contribution in [2.45, 2.75) is 6.92 Å². The summed E-state index contributed by atoms with van der Waals surface area (Å²) in [5.74, 6) is 0.288. The van der Waals surface area contributed by atoms with E-state index in [0.717, 1.165) is 6.54 Å². The lowest BCUT2D eigenvalue weighted by molar-refractivity contribution is 0.235. The van der Waals surface area contributed by atoms with Gasteiger partial charge in [0.15, 0.2) is 0 Å². The highest BCUT2D eigenvalue weighted by molar-refractivity contribution is 6.29. The number of hydrogen-bond donors (Lipinski definition) is 2. The normalized spacial score (nSPS) is 13.1. The molecule has 0 aromatic heterocycles. The lowest BCUT2D eigenvalue weighted by Crippen LogP contribution is -2.24. The standard InChI is InChI=1S/C7H14ClNO/c1-6(5-10)3-9-4-7(2)8/h6,9-10H,2-5H2,1H3. The van der Waals surface area contributed by atoms with E-state index in [4.69, 9.17) is 16.7 Å². The van der Waals surface area contributed by atoms with E-state index in [1.165, 1.54) is 0 Å². The van der Waals surface area contributed by atoms with Crippen molar-refractivity contribution < 1.29 is 5.11 Å². The van der Waals surface area contributed by atoms with Gasteiger partial charge < -0.3 is 10.4 Å². The molecular formula is C7H14ClNO. The summed E-state index contributed by atoms with van der Waals surface area (Å²) in [6.07, 6.45) is 0. The van der Waals surface area contributed by atoms with Crippen molar-refractivity contribution in [3.8, 4) is 0 Å². The van der Waals surface area contributed by atoms with Crippen LogP contribution < -0.4 is 5.32 Å². The Balaban J connectivity index is 3.11. The molecule has 0 spiro atoms. The third kappa shape index (κ3) is 6.08. The first-order chi connectivity index (χ1) is 4.66. The Kier molecular flexibility index (Phi) is 5.69. The van der Waals surface area contributed by atoms with Crippen molar-refractivity contribution in [1.29, 1.82) is 0 Å². The Labute approximate surface area is 66.9 Å². The summed E-state index contributed by atoms with van der Waals surface area (Å²) in [6, 6.07) is 0. The number of hydrogen-bond acceptors (Lipinski definition) is 2. The van der Waals surface area contributed by atoms with Gasteiger partial charge in [-0.3, -0.25) is 0 Å². The number of halogens is 1. The molecule has 0 aromatic carbocycles. The van der Waals surface area contributed by atoms with Crippen molar-refractivity contribution in [3.63, 3.8) is 0 Å². The van der Waals surface area contributed by atoms with Crippen molar-refractivity contribution >= 4 is 11.6 Å². The largest absolute Gasteiger partial charge is 0.396 e. The molecule has 0 aromatic rings. The minimum atomic E-state index is 0.210. The van der Waals surface area contributed by atoms with Gasteiger partial charge in [0.1, 0.15) is 0 Å². The van der Waals surface area contributed by atoms with Crippen molar-refractivity contribution in [2.75, 3.05) is 19.7 Å². The van der Waals surface area contributed by atoms with Crippen molar-refractivity contribution in [1.82, 2.24) is 5.32 Å². The second-order valence-corrected chi connectivity index (χ2v) is 2.97. The molecule has 0 radical (unpaired) electrons. The Morgan fingerprint density at radius 3 is 2.80 bits per heavy atom. The van der Waals surface area contributed by atoms with Gasteiger partial charge in [0.05, 0.1) is 0 Å². The topological polar surface area (TPSA) is 32.3 Å². The van der Waals surface area contributed by atoms with Gasteiger partial charge in [-0.25, -0.2) is 0 Å². The fraction of sp³-hybridized carbons (Fsp3) is 0.714. The van der Waals surface area contributed by atoms with Crippen LogP contribution >= 0.6 is 11.6 Å². The van der Waals surface area contributed by atoms with Gasteiger partial charge in [-0.1, -0.05) is 25.1 Å². The Morgan fingerprint density at radius 1 is 1.80 bits per heavy atom. The SMILES string of the molecule is C=C(Cl)CNCC(C)CO. The molecule has 10 heavy (non-hydrogen) atoms. The zero-order valence-electron chi connectivity index (χ0n) is 6.23. The number of nitrogens with one attached hydrogen (secondary N) is 1. The molecule has 0 saturated carbocycles. The predicted molar refractivity (Wildman–Crippen MR) is 44.1 cm³/mol. The summed E-state index contributed by atoms with van der Waals surface area (Å²) < 4.78 is 0. The maximum Gasteiger partial charge on any atom is 0.0468 e. The molecular weight excluding hydrogens is 150 g/mol. The van der Waals surface area contributed by atoms with E-state index in [9.17, 15) is 0 Å². The summed E-state index contributed by atoms with van der Waals surface area (Å²) >= 11 is 5.48. The van der Waals surface area contributed by atoms with Gasteiger partial charge >= 0.3 is 0 Å². The second kappa shape index (κ2) is 5.71. The van der Waals surface area contributed by atoms with Crippen LogP contribution in [0.4, 0.5) is 0 Å². The third-order valence-electron chi connectivity index (χ3n) is 1.12. The average Bonchev–Trinajstić information content (AvgIpc) is 1.87. The van der Waals surface area contributed by atoms with Gasteiger partial charge in [-0.15, -0.1) is 0 Å². The Bertz CT molecular complexity index is 106. The van der Waals surface area contributed by atoms with Gasteiger partial charge in [-0.2, -0.15) is 0 Å². The van der Waals surface area contributed by atoms with E-state index >= 15 is 0 Å². The third-order valence-corrected chi connectivity index (χ3v) is 1.25. The summed E-state index contributed by atoms with van der Waals surface area (Å²) in [6.45, 7) is 7.09. The van der Waals surface area contributed by atoms with Gasteiger partial charge in [0.25, 0.3) is 0 Å². The minimum Gasteiger partial charge on any atom is -0.396 e. The first-order valence-electron chi connectivity index (χ1n) is 3.31. The molecule has 1 unspecified atom stereocenters. The molecule has 0 bridgehead atoms. The molecule has 0 aliphatic heterocycles. The van der Waals surface area contributed by atoms with Crippen LogP contribution in [0.5, 0.6) is 0 Å². The molecule has 2 N–H and O–H groups in total. The zero-order chi connectivity index (χ0) is 7.98. The summed E-state index contributed by atoms with van der Waals surface area (Å²) in [7, 11) is 0. The lowest BCUT2D eigenvalue weighted by Gasteiger charge is -2.07. The molecule has 0 rings (SSSR count). The van der Waals surface area contributed by atoms with Gasteiger partial charge in [0, 0.05) is 24.7 Å². The summed E-state index contributed by atoms with van der Waals surface area (Å²) in [4.78, 5) is 0. The van der Waals surface area contributed by atoms with Crippen LogP contribution in [-0.4, -0.2) is 24.8 Å². The highest BCUT2D eigenvalue weighted by Gasteiger charge is 1.97. The van der Waals surface area contributed by atoms with E-state index in [2.05, 4.69) is 11.9 Å². The van der Waals surface area contributed by atoms with Crippen molar-refractivity contribution in [2.24, 2.45) is 5.92 Å². The molecule has 0 aliphatic rings. The van der Waals surface area contributed by atoms with E-state index in [1.807, 2.05) is 6.92 Å². The number of rotatable bonds is 5. The van der Waals surface area contributed by atoms with Crippen LogP contribution in [0, 0.1) is 5.92 Å². The predicted octanol–water partition coefficient (Wildman–Crippen LogP) is 0.957. The fourth-order valence-corrected chi connectivity index (χ4v) is 0.613. The maximum absolute atomic E-state index is 8.60. The van der Waals surface area contributed by atoms with Crippen LogP contribution in [0.1, 0.15) is 6.92 Å². The summed E-state index contributed by atoms with van der Waals surface area (Å²) in [5.41, 5.74) is 0. The average molecular weight is 164 g/mol. The number of aliphatic hydroxyl groups excluding tert-OH is 1.